The molecule has 2 aromatic rings. The van der Waals surface area contributed by atoms with Crippen molar-refractivity contribution in [2.24, 2.45) is 17.3 Å². The zero-order valence-electron chi connectivity index (χ0n) is 15.7. The summed E-state index contributed by atoms with van der Waals surface area (Å²) in [7, 11) is -0.0834. The predicted molar refractivity (Wildman–Crippen MR) is 99.6 cm³/mol. The van der Waals surface area contributed by atoms with Crippen molar-refractivity contribution in [1.82, 2.24) is 0 Å². The van der Waals surface area contributed by atoms with Gasteiger partial charge in [-0.2, -0.15) is 0 Å². The van der Waals surface area contributed by atoms with E-state index in [9.17, 15) is 0 Å². The summed E-state index contributed by atoms with van der Waals surface area (Å²) in [6.07, 6.45) is 6.47. The molecule has 132 valence electrons. The Hall–Kier alpha value is -1.26. The smallest absolute Gasteiger partial charge is 0.457 e. The second-order valence-electron chi connectivity index (χ2n) is 9.15. The second-order valence-corrected chi connectivity index (χ2v) is 9.15. The number of benzene rings is 1. The van der Waals surface area contributed by atoms with Gasteiger partial charge in [-0.05, 0) is 67.8 Å². The molecule has 0 N–H and O–H groups in total. The maximum atomic E-state index is 6.52. The van der Waals surface area contributed by atoms with Crippen LogP contribution in [0.1, 0.15) is 44.7 Å². The van der Waals surface area contributed by atoms with Crippen LogP contribution >= 0.6 is 0 Å². The topological polar surface area (TPSA) is 31.6 Å². The summed E-state index contributed by atoms with van der Waals surface area (Å²) in [6, 6.07) is 6.35. The fourth-order valence-electron chi connectivity index (χ4n) is 5.80. The minimum atomic E-state index is -0.0992. The SMILES string of the molecule is Cc1cccc2c(CCB3O[C@@H]4C[C@@H]5C[C@@H](C5(C)C)[C@]4(C)O3)coc12. The molecule has 0 radical (unpaired) electrons. The van der Waals surface area contributed by atoms with Crippen LogP contribution in [-0.2, 0) is 15.7 Å². The number of rotatable bonds is 3. The van der Waals surface area contributed by atoms with E-state index in [4.69, 9.17) is 13.7 Å². The summed E-state index contributed by atoms with van der Waals surface area (Å²) in [5.74, 6) is 1.44. The van der Waals surface area contributed by atoms with Crippen LogP contribution in [0.5, 0.6) is 0 Å². The molecule has 1 aliphatic heterocycles. The first-order valence-electron chi connectivity index (χ1n) is 9.68. The highest BCUT2D eigenvalue weighted by atomic mass is 16.7. The van der Waals surface area contributed by atoms with Crippen molar-refractivity contribution in [1.29, 1.82) is 0 Å². The van der Waals surface area contributed by atoms with E-state index in [0.717, 1.165) is 30.7 Å². The summed E-state index contributed by atoms with van der Waals surface area (Å²) >= 11 is 0. The van der Waals surface area contributed by atoms with Crippen LogP contribution in [-0.4, -0.2) is 18.8 Å². The lowest BCUT2D eigenvalue weighted by atomic mass is 9.43. The van der Waals surface area contributed by atoms with E-state index >= 15 is 0 Å². The molecule has 2 bridgehead atoms. The van der Waals surface area contributed by atoms with Gasteiger partial charge in [-0.15, -0.1) is 0 Å². The van der Waals surface area contributed by atoms with E-state index < -0.39 is 0 Å². The third-order valence-electron chi connectivity index (χ3n) is 7.53. The average molecular weight is 338 g/mol. The van der Waals surface area contributed by atoms with Gasteiger partial charge in [0.05, 0.1) is 18.0 Å². The molecule has 0 unspecified atom stereocenters. The lowest BCUT2D eigenvalue weighted by Crippen LogP contribution is -2.65. The van der Waals surface area contributed by atoms with Crippen molar-refractivity contribution >= 4 is 18.1 Å². The molecular weight excluding hydrogens is 311 g/mol. The molecule has 4 fully saturated rings. The fraction of sp³-hybridized carbons (Fsp3) is 0.619. The van der Waals surface area contributed by atoms with Crippen LogP contribution < -0.4 is 0 Å². The van der Waals surface area contributed by atoms with E-state index in [1.54, 1.807) is 0 Å². The Bertz CT molecular complexity index is 826. The van der Waals surface area contributed by atoms with Crippen molar-refractivity contribution in [3.8, 4) is 0 Å². The third-order valence-corrected chi connectivity index (χ3v) is 7.53. The van der Waals surface area contributed by atoms with Crippen LogP contribution in [0.3, 0.4) is 0 Å². The monoisotopic (exact) mass is 338 g/mol. The minimum absolute atomic E-state index is 0.0834. The normalized spacial score (nSPS) is 35.7. The molecule has 1 aromatic carbocycles. The summed E-state index contributed by atoms with van der Waals surface area (Å²) < 4.78 is 18.6. The summed E-state index contributed by atoms with van der Waals surface area (Å²) in [4.78, 5) is 0. The number of fused-ring (bicyclic) bond motifs is 1. The Labute approximate surface area is 150 Å². The van der Waals surface area contributed by atoms with Gasteiger partial charge in [0.15, 0.2) is 0 Å². The van der Waals surface area contributed by atoms with Crippen LogP contribution in [0.25, 0.3) is 11.0 Å². The van der Waals surface area contributed by atoms with Crippen LogP contribution in [0.15, 0.2) is 28.9 Å². The van der Waals surface area contributed by atoms with Gasteiger partial charge in [-0.1, -0.05) is 32.0 Å². The van der Waals surface area contributed by atoms with Gasteiger partial charge in [-0.25, -0.2) is 0 Å². The Kier molecular flexibility index (Phi) is 3.28. The lowest BCUT2D eigenvalue weighted by Gasteiger charge is -2.64. The lowest BCUT2D eigenvalue weighted by molar-refractivity contribution is -0.199. The number of aryl methyl sites for hydroxylation is 2. The highest BCUT2D eigenvalue weighted by Gasteiger charge is 2.67. The largest absolute Gasteiger partial charge is 0.464 e. The van der Waals surface area contributed by atoms with Gasteiger partial charge in [0.2, 0.25) is 0 Å². The van der Waals surface area contributed by atoms with Gasteiger partial charge >= 0.3 is 7.12 Å². The van der Waals surface area contributed by atoms with E-state index in [0.29, 0.717) is 11.3 Å². The number of hydrogen-bond acceptors (Lipinski definition) is 3. The molecule has 3 nitrogen and oxygen atoms in total. The number of furan rings is 1. The van der Waals surface area contributed by atoms with Gasteiger partial charge in [0.25, 0.3) is 0 Å². The number of para-hydroxylation sites is 1. The molecule has 4 atom stereocenters. The molecule has 4 aliphatic rings. The summed E-state index contributed by atoms with van der Waals surface area (Å²) in [5, 5.41) is 1.23. The molecule has 2 heterocycles. The maximum absolute atomic E-state index is 6.52. The highest BCUT2D eigenvalue weighted by molar-refractivity contribution is 6.45. The Morgan fingerprint density at radius 3 is 2.84 bits per heavy atom. The van der Waals surface area contributed by atoms with Crippen molar-refractivity contribution < 1.29 is 13.7 Å². The van der Waals surface area contributed by atoms with E-state index in [1.165, 1.54) is 22.9 Å². The highest BCUT2D eigenvalue weighted by Crippen LogP contribution is 2.65. The van der Waals surface area contributed by atoms with E-state index in [2.05, 4.69) is 45.9 Å². The van der Waals surface area contributed by atoms with Gasteiger partial charge in [0.1, 0.15) is 5.58 Å². The van der Waals surface area contributed by atoms with Crippen LogP contribution in [0, 0.1) is 24.2 Å². The van der Waals surface area contributed by atoms with Gasteiger partial charge in [-0.3, -0.25) is 0 Å². The van der Waals surface area contributed by atoms with Crippen molar-refractivity contribution in [2.75, 3.05) is 0 Å². The first-order valence-corrected chi connectivity index (χ1v) is 9.68. The Morgan fingerprint density at radius 1 is 1.20 bits per heavy atom. The third kappa shape index (κ3) is 2.13. The maximum Gasteiger partial charge on any atom is 0.457 e. The molecule has 0 spiro atoms. The van der Waals surface area contributed by atoms with Crippen molar-refractivity contribution in [2.45, 2.75) is 65.0 Å². The molecule has 1 saturated heterocycles. The Balaban J connectivity index is 1.31. The van der Waals surface area contributed by atoms with E-state index in [1.807, 2.05) is 6.26 Å². The quantitative estimate of drug-likeness (QED) is 0.737. The molecule has 4 heteroatoms. The Morgan fingerprint density at radius 2 is 2.04 bits per heavy atom. The van der Waals surface area contributed by atoms with Crippen LogP contribution in [0.4, 0.5) is 0 Å². The van der Waals surface area contributed by atoms with Gasteiger partial charge < -0.3 is 13.7 Å². The average Bonchev–Trinajstić information content (AvgIpc) is 3.13. The zero-order valence-corrected chi connectivity index (χ0v) is 15.7. The molecule has 1 aromatic heterocycles. The van der Waals surface area contributed by atoms with Crippen molar-refractivity contribution in [3.63, 3.8) is 0 Å². The predicted octanol–water partition coefficient (Wildman–Crippen LogP) is 5.01. The minimum Gasteiger partial charge on any atom is -0.464 e. The first kappa shape index (κ1) is 16.0. The molecule has 6 rings (SSSR count). The summed E-state index contributed by atoms with van der Waals surface area (Å²) in [6.45, 7) is 9.20. The standard InChI is InChI=1S/C21H27BO3/c1-13-6-5-7-16-14(12-23-19(13)16)8-9-22-24-18-11-15-10-17(20(15,2)3)21(18,4)25-22/h5-7,12,15,17-18H,8-11H2,1-4H3/t15-,17-,18+,21-/m0/s1. The zero-order chi connectivity index (χ0) is 17.4. The molecule has 3 saturated carbocycles. The first-order chi connectivity index (χ1) is 11.9. The van der Waals surface area contributed by atoms with Crippen molar-refractivity contribution in [3.05, 3.63) is 35.6 Å². The van der Waals surface area contributed by atoms with Crippen LogP contribution in [0.2, 0.25) is 6.32 Å². The molecule has 3 aliphatic carbocycles. The second kappa shape index (κ2) is 5.14. The molecule has 0 amide bonds. The number of hydrogen-bond donors (Lipinski definition) is 0. The van der Waals surface area contributed by atoms with E-state index in [-0.39, 0.29) is 18.8 Å². The molecular formula is C21H27BO3. The summed E-state index contributed by atoms with van der Waals surface area (Å²) in [5.41, 5.74) is 3.77. The van der Waals surface area contributed by atoms with Gasteiger partial charge in [0, 0.05) is 5.39 Å². The molecule has 25 heavy (non-hydrogen) atoms. The fourth-order valence-corrected chi connectivity index (χ4v) is 5.80.